The molecule has 0 aliphatic carbocycles. The Morgan fingerprint density at radius 1 is 1.20 bits per heavy atom. The molecule has 3 nitrogen and oxygen atoms in total. The summed E-state index contributed by atoms with van der Waals surface area (Å²) in [7, 11) is 0. The molecular weight excluding hydrogens is 255 g/mol. The van der Waals surface area contributed by atoms with Gasteiger partial charge in [0.2, 0.25) is 0 Å². The number of carbonyl (C=O) groups excluding carboxylic acids is 1. The van der Waals surface area contributed by atoms with Crippen LogP contribution in [0.1, 0.15) is 16.7 Å². The van der Waals surface area contributed by atoms with Crippen LogP contribution in [0.2, 0.25) is 0 Å². The highest BCUT2D eigenvalue weighted by Gasteiger charge is 2.24. The maximum Gasteiger partial charge on any atom is 0.256 e. The lowest BCUT2D eigenvalue weighted by atomic mass is 10.0. The van der Waals surface area contributed by atoms with Crippen molar-refractivity contribution in [2.24, 2.45) is 0 Å². The van der Waals surface area contributed by atoms with E-state index in [-0.39, 0.29) is 5.91 Å². The maximum atomic E-state index is 13.3. The summed E-state index contributed by atoms with van der Waals surface area (Å²) in [5, 5.41) is 11.6. The van der Waals surface area contributed by atoms with Crippen LogP contribution in [0.4, 0.5) is 10.1 Å². The molecule has 1 amide bonds. The van der Waals surface area contributed by atoms with Crippen LogP contribution in [-0.2, 0) is 4.79 Å². The van der Waals surface area contributed by atoms with Crippen molar-refractivity contribution in [3.05, 3.63) is 65.0 Å². The van der Waals surface area contributed by atoms with Crippen LogP contribution in [-0.4, -0.2) is 5.91 Å². The molecule has 1 aliphatic heterocycles. The fourth-order valence-electron chi connectivity index (χ4n) is 2.17. The molecule has 0 radical (unpaired) electrons. The normalized spacial score (nSPS) is 14.8. The number of fused-ring (bicyclic) bond motifs is 1. The zero-order chi connectivity index (χ0) is 14.1. The summed E-state index contributed by atoms with van der Waals surface area (Å²) in [6, 6.07) is 13.1. The molecular formula is C16H9FN2O. The van der Waals surface area contributed by atoms with Gasteiger partial charge in [-0.1, -0.05) is 12.1 Å². The van der Waals surface area contributed by atoms with Gasteiger partial charge < -0.3 is 5.32 Å². The van der Waals surface area contributed by atoms with Crippen LogP contribution in [0.25, 0.3) is 11.6 Å². The predicted molar refractivity (Wildman–Crippen MR) is 74.1 cm³/mol. The van der Waals surface area contributed by atoms with Crippen molar-refractivity contribution in [1.29, 1.82) is 5.26 Å². The Kier molecular flexibility index (Phi) is 2.81. The lowest BCUT2D eigenvalue weighted by molar-refractivity contribution is -0.110. The van der Waals surface area contributed by atoms with Gasteiger partial charge in [-0.3, -0.25) is 4.79 Å². The van der Waals surface area contributed by atoms with E-state index in [4.69, 9.17) is 5.26 Å². The minimum Gasteiger partial charge on any atom is -0.321 e. The first kappa shape index (κ1) is 12.1. The van der Waals surface area contributed by atoms with Gasteiger partial charge in [0.1, 0.15) is 5.82 Å². The molecule has 20 heavy (non-hydrogen) atoms. The molecule has 0 bridgehead atoms. The van der Waals surface area contributed by atoms with Gasteiger partial charge >= 0.3 is 0 Å². The summed E-state index contributed by atoms with van der Waals surface area (Å²) in [6.07, 6.45) is 1.65. The number of anilines is 1. The fourth-order valence-corrected chi connectivity index (χ4v) is 2.17. The van der Waals surface area contributed by atoms with Crippen molar-refractivity contribution < 1.29 is 9.18 Å². The van der Waals surface area contributed by atoms with Crippen molar-refractivity contribution in [1.82, 2.24) is 0 Å². The Morgan fingerprint density at radius 3 is 2.85 bits per heavy atom. The van der Waals surface area contributed by atoms with Gasteiger partial charge in [0.05, 0.1) is 11.6 Å². The van der Waals surface area contributed by atoms with E-state index in [1.165, 1.54) is 18.2 Å². The Morgan fingerprint density at radius 2 is 2.05 bits per heavy atom. The Balaban J connectivity index is 2.11. The van der Waals surface area contributed by atoms with Crippen LogP contribution < -0.4 is 5.32 Å². The van der Waals surface area contributed by atoms with E-state index < -0.39 is 5.82 Å². The maximum absolute atomic E-state index is 13.3. The van der Waals surface area contributed by atoms with Crippen LogP contribution in [0.3, 0.4) is 0 Å². The highest BCUT2D eigenvalue weighted by molar-refractivity contribution is 6.34. The molecule has 0 fully saturated rings. The lowest BCUT2D eigenvalue weighted by Crippen LogP contribution is -2.03. The highest BCUT2D eigenvalue weighted by Crippen LogP contribution is 2.33. The first-order chi connectivity index (χ1) is 9.67. The van der Waals surface area contributed by atoms with E-state index in [0.29, 0.717) is 22.4 Å². The van der Waals surface area contributed by atoms with Crippen molar-refractivity contribution in [3.63, 3.8) is 0 Å². The summed E-state index contributed by atoms with van der Waals surface area (Å²) in [6.45, 7) is 0. The number of halogens is 1. The van der Waals surface area contributed by atoms with Crippen molar-refractivity contribution in [3.8, 4) is 6.07 Å². The summed E-state index contributed by atoms with van der Waals surface area (Å²) in [4.78, 5) is 11.9. The Bertz CT molecular complexity index is 787. The topological polar surface area (TPSA) is 52.9 Å². The molecule has 0 atom stereocenters. The van der Waals surface area contributed by atoms with Gasteiger partial charge in [-0.15, -0.1) is 0 Å². The number of hydrogen-bond acceptors (Lipinski definition) is 2. The van der Waals surface area contributed by atoms with Crippen LogP contribution in [0.15, 0.2) is 42.5 Å². The molecule has 0 saturated heterocycles. The number of amides is 1. The third-order valence-corrected chi connectivity index (χ3v) is 3.09. The first-order valence-corrected chi connectivity index (χ1v) is 6.00. The largest absolute Gasteiger partial charge is 0.321 e. The number of benzene rings is 2. The van der Waals surface area contributed by atoms with Gasteiger partial charge in [0.25, 0.3) is 5.91 Å². The quantitative estimate of drug-likeness (QED) is 0.804. The average Bonchev–Trinajstić information content (AvgIpc) is 2.75. The van der Waals surface area contributed by atoms with Gasteiger partial charge in [0.15, 0.2) is 0 Å². The van der Waals surface area contributed by atoms with Crippen molar-refractivity contribution in [2.75, 3.05) is 5.32 Å². The molecule has 0 aromatic heterocycles. The Hall–Kier alpha value is -2.93. The number of nitriles is 1. The summed E-state index contributed by atoms with van der Waals surface area (Å²) in [5.41, 5.74) is 2.77. The van der Waals surface area contributed by atoms with Crippen molar-refractivity contribution >= 4 is 23.2 Å². The van der Waals surface area contributed by atoms with Gasteiger partial charge in [-0.2, -0.15) is 5.26 Å². The SMILES string of the molecule is N#Cc1cccc(/C=C2/C(=O)Nc3ccc(F)cc32)c1. The predicted octanol–water partition coefficient (Wildman–Crippen LogP) is 3.19. The van der Waals surface area contributed by atoms with E-state index in [1.807, 2.05) is 6.07 Å². The smallest absolute Gasteiger partial charge is 0.256 e. The zero-order valence-electron chi connectivity index (χ0n) is 10.4. The summed E-state index contributed by atoms with van der Waals surface area (Å²) >= 11 is 0. The monoisotopic (exact) mass is 264 g/mol. The van der Waals surface area contributed by atoms with Gasteiger partial charge in [-0.25, -0.2) is 4.39 Å². The van der Waals surface area contributed by atoms with Crippen LogP contribution in [0.5, 0.6) is 0 Å². The molecule has 96 valence electrons. The molecule has 1 heterocycles. The zero-order valence-corrected chi connectivity index (χ0v) is 10.4. The first-order valence-electron chi connectivity index (χ1n) is 6.00. The number of nitrogens with one attached hydrogen (secondary N) is 1. The highest BCUT2D eigenvalue weighted by atomic mass is 19.1. The molecule has 1 aliphatic rings. The third-order valence-electron chi connectivity index (χ3n) is 3.09. The van der Waals surface area contributed by atoms with Crippen LogP contribution in [0, 0.1) is 17.1 Å². The lowest BCUT2D eigenvalue weighted by Gasteiger charge is -1.99. The number of nitrogens with zero attached hydrogens (tertiary/aromatic N) is 1. The molecule has 2 aromatic rings. The molecule has 3 rings (SSSR count). The van der Waals surface area contributed by atoms with Gasteiger partial charge in [0, 0.05) is 16.8 Å². The van der Waals surface area contributed by atoms with E-state index in [9.17, 15) is 9.18 Å². The average molecular weight is 264 g/mol. The molecule has 0 saturated carbocycles. The van der Waals surface area contributed by atoms with Crippen LogP contribution >= 0.6 is 0 Å². The number of carbonyl (C=O) groups is 1. The fraction of sp³-hybridized carbons (Fsp3) is 0. The van der Waals surface area contributed by atoms with E-state index in [2.05, 4.69) is 5.32 Å². The summed E-state index contributed by atoms with van der Waals surface area (Å²) < 4.78 is 13.3. The van der Waals surface area contributed by atoms with Crippen molar-refractivity contribution in [2.45, 2.75) is 0 Å². The standard InChI is InChI=1S/C16H9FN2O/c17-12-4-5-15-13(8-12)14(16(20)19-15)7-10-2-1-3-11(6-10)9-18/h1-8H,(H,19,20)/b14-7+. The molecule has 0 unspecified atom stereocenters. The number of rotatable bonds is 1. The second kappa shape index (κ2) is 4.63. The second-order valence-electron chi connectivity index (χ2n) is 4.44. The molecule has 2 aromatic carbocycles. The minimum absolute atomic E-state index is 0.270. The van der Waals surface area contributed by atoms with E-state index in [1.54, 1.807) is 30.3 Å². The summed E-state index contributed by atoms with van der Waals surface area (Å²) in [5.74, 6) is -0.662. The number of hydrogen-bond donors (Lipinski definition) is 1. The molecule has 4 heteroatoms. The Labute approximate surface area is 115 Å². The van der Waals surface area contributed by atoms with E-state index >= 15 is 0 Å². The molecule has 0 spiro atoms. The third kappa shape index (κ3) is 2.06. The van der Waals surface area contributed by atoms with Gasteiger partial charge in [-0.05, 0) is 42.0 Å². The van der Waals surface area contributed by atoms with E-state index in [0.717, 1.165) is 5.56 Å². The molecule has 1 N–H and O–H groups in total. The minimum atomic E-state index is -0.392. The second-order valence-corrected chi connectivity index (χ2v) is 4.44.